The van der Waals surface area contributed by atoms with Crippen LogP contribution >= 0.6 is 0 Å². The molecule has 0 fully saturated rings. The van der Waals surface area contributed by atoms with Gasteiger partial charge in [-0.05, 0) is 0 Å². The number of H-pyrrole nitrogens is 3. The van der Waals surface area contributed by atoms with Crippen LogP contribution in [0.2, 0.25) is 0 Å². The first-order valence-electron chi connectivity index (χ1n) is 4.34. The van der Waals surface area contributed by atoms with E-state index in [9.17, 15) is 0 Å². The third-order valence-electron chi connectivity index (χ3n) is 1.90. The van der Waals surface area contributed by atoms with Gasteiger partial charge in [-0.1, -0.05) is 15.6 Å². The van der Waals surface area contributed by atoms with Crippen LogP contribution < -0.4 is 4.90 Å². The number of anilines is 3. The van der Waals surface area contributed by atoms with Crippen LogP contribution in [0.15, 0.2) is 18.6 Å². The van der Waals surface area contributed by atoms with Crippen molar-refractivity contribution in [2.45, 2.75) is 0 Å². The van der Waals surface area contributed by atoms with E-state index in [0.717, 1.165) is 0 Å². The van der Waals surface area contributed by atoms with Gasteiger partial charge in [-0.15, -0.1) is 15.3 Å². The summed E-state index contributed by atoms with van der Waals surface area (Å²) in [6.07, 6.45) is 4.84. The second-order valence-corrected chi connectivity index (χ2v) is 2.83. The van der Waals surface area contributed by atoms with Gasteiger partial charge < -0.3 is 0 Å². The Morgan fingerprint density at radius 1 is 0.688 bits per heavy atom. The first kappa shape index (κ1) is 8.52. The first-order chi connectivity index (χ1) is 7.95. The summed E-state index contributed by atoms with van der Waals surface area (Å²) in [4.78, 5) is 1.64. The lowest BCUT2D eigenvalue weighted by molar-refractivity contribution is 0.911. The van der Waals surface area contributed by atoms with Gasteiger partial charge in [-0.2, -0.15) is 0 Å². The van der Waals surface area contributed by atoms with Crippen molar-refractivity contribution in [3.05, 3.63) is 18.6 Å². The van der Waals surface area contributed by atoms with E-state index in [2.05, 4.69) is 46.2 Å². The maximum Gasteiger partial charge on any atom is 0.182 e. The Labute approximate surface area is 88.1 Å². The lowest BCUT2D eigenvalue weighted by atomic mass is 10.5. The highest BCUT2D eigenvalue weighted by molar-refractivity contribution is 5.66. The average molecular weight is 218 g/mol. The summed E-state index contributed by atoms with van der Waals surface area (Å²) in [7, 11) is 0. The molecule has 0 aliphatic heterocycles. The molecule has 3 aromatic rings. The predicted molar refractivity (Wildman–Crippen MR) is 50.9 cm³/mol. The van der Waals surface area contributed by atoms with E-state index in [-0.39, 0.29) is 0 Å². The van der Waals surface area contributed by atoms with E-state index < -0.39 is 0 Å². The van der Waals surface area contributed by atoms with Gasteiger partial charge in [-0.25, -0.2) is 0 Å². The van der Waals surface area contributed by atoms with E-state index in [1.54, 1.807) is 23.5 Å². The Bertz CT molecular complexity index is 440. The minimum absolute atomic E-state index is 0.544. The normalized spacial score (nSPS) is 10.5. The fourth-order valence-electron chi connectivity index (χ4n) is 1.27. The van der Waals surface area contributed by atoms with Crippen molar-refractivity contribution in [3.8, 4) is 0 Å². The van der Waals surface area contributed by atoms with Gasteiger partial charge in [0, 0.05) is 0 Å². The van der Waals surface area contributed by atoms with Crippen molar-refractivity contribution in [2.24, 2.45) is 0 Å². The molecule has 3 rings (SSSR count). The summed E-state index contributed by atoms with van der Waals surface area (Å²) in [6.45, 7) is 0. The molecule has 0 bridgehead atoms. The number of aromatic nitrogens is 9. The number of nitrogens with one attached hydrogen (secondary N) is 3. The van der Waals surface area contributed by atoms with Crippen LogP contribution in [0.5, 0.6) is 0 Å². The highest BCUT2D eigenvalue weighted by Gasteiger charge is 2.18. The van der Waals surface area contributed by atoms with Gasteiger partial charge in [0.25, 0.3) is 0 Å². The summed E-state index contributed by atoms with van der Waals surface area (Å²) >= 11 is 0. The Morgan fingerprint density at radius 3 is 1.31 bits per heavy atom. The summed E-state index contributed by atoms with van der Waals surface area (Å²) < 4.78 is 0. The molecule has 80 valence electrons. The van der Waals surface area contributed by atoms with Gasteiger partial charge in [0.2, 0.25) is 0 Å². The Balaban J connectivity index is 2.09. The van der Waals surface area contributed by atoms with Crippen molar-refractivity contribution in [1.82, 2.24) is 46.2 Å². The van der Waals surface area contributed by atoms with Gasteiger partial charge in [0.05, 0.1) is 18.6 Å². The largest absolute Gasteiger partial charge is 0.263 e. The highest BCUT2D eigenvalue weighted by atomic mass is 15.5. The van der Waals surface area contributed by atoms with Crippen LogP contribution in [-0.2, 0) is 0 Å². The SMILES string of the molecule is c1[nH]nnc1N(c1c[nH]nn1)c1c[nH]nn1. The lowest BCUT2D eigenvalue weighted by Crippen LogP contribution is -2.11. The third kappa shape index (κ3) is 1.28. The van der Waals surface area contributed by atoms with Gasteiger partial charge in [-0.3, -0.25) is 20.2 Å². The Kier molecular flexibility index (Phi) is 1.82. The van der Waals surface area contributed by atoms with Crippen LogP contribution in [0.25, 0.3) is 0 Å². The van der Waals surface area contributed by atoms with Gasteiger partial charge in [0.1, 0.15) is 0 Å². The Hall–Kier alpha value is -2.78. The molecule has 0 aliphatic carbocycles. The van der Waals surface area contributed by atoms with E-state index in [4.69, 9.17) is 0 Å². The standard InChI is InChI=1S/C6H6N10/c1-4(10-13-7-1)16(5-2-8-14-11-5)6-3-9-15-12-6/h1-3H,(H,7,10,13)(H,8,11,14)(H,9,12,15). The zero-order valence-corrected chi connectivity index (χ0v) is 7.86. The van der Waals surface area contributed by atoms with Crippen molar-refractivity contribution in [1.29, 1.82) is 0 Å². The fourth-order valence-corrected chi connectivity index (χ4v) is 1.27. The second-order valence-electron chi connectivity index (χ2n) is 2.83. The molecule has 16 heavy (non-hydrogen) atoms. The quantitative estimate of drug-likeness (QED) is 0.541. The molecule has 10 heteroatoms. The van der Waals surface area contributed by atoms with Crippen LogP contribution in [-0.4, -0.2) is 46.2 Å². The first-order valence-corrected chi connectivity index (χ1v) is 4.34. The van der Waals surface area contributed by atoms with E-state index in [0.29, 0.717) is 17.5 Å². The van der Waals surface area contributed by atoms with E-state index in [1.165, 1.54) is 0 Å². The monoisotopic (exact) mass is 218 g/mol. The van der Waals surface area contributed by atoms with E-state index >= 15 is 0 Å². The maximum absolute atomic E-state index is 3.89. The molecule has 0 amide bonds. The Morgan fingerprint density at radius 2 is 1.06 bits per heavy atom. The van der Waals surface area contributed by atoms with E-state index in [1.807, 2.05) is 0 Å². The number of rotatable bonds is 3. The molecule has 0 aliphatic rings. The van der Waals surface area contributed by atoms with Crippen LogP contribution in [0, 0.1) is 0 Å². The van der Waals surface area contributed by atoms with Crippen LogP contribution in [0.1, 0.15) is 0 Å². The predicted octanol–water partition coefficient (Wildman–Crippen LogP) is -0.489. The lowest BCUT2D eigenvalue weighted by Gasteiger charge is -2.13. The molecule has 3 aromatic heterocycles. The average Bonchev–Trinajstić information content (AvgIpc) is 3.02. The fraction of sp³-hybridized carbons (Fsp3) is 0. The van der Waals surface area contributed by atoms with Gasteiger partial charge >= 0.3 is 0 Å². The molecule has 0 saturated heterocycles. The zero-order valence-electron chi connectivity index (χ0n) is 7.86. The minimum atomic E-state index is 0.544. The van der Waals surface area contributed by atoms with Crippen LogP contribution in [0.4, 0.5) is 17.5 Å². The molecule has 0 atom stereocenters. The summed E-state index contributed by atoms with van der Waals surface area (Å²) in [6, 6.07) is 0. The van der Waals surface area contributed by atoms with Crippen molar-refractivity contribution < 1.29 is 0 Å². The summed E-state index contributed by atoms with van der Waals surface area (Å²) in [5, 5.41) is 30.4. The van der Waals surface area contributed by atoms with Crippen molar-refractivity contribution >= 4 is 17.5 Å². The molecule has 0 radical (unpaired) electrons. The summed E-state index contributed by atoms with van der Waals surface area (Å²) in [5.74, 6) is 1.63. The third-order valence-corrected chi connectivity index (χ3v) is 1.90. The molecule has 3 heterocycles. The van der Waals surface area contributed by atoms with Crippen molar-refractivity contribution in [3.63, 3.8) is 0 Å². The maximum atomic E-state index is 3.89. The summed E-state index contributed by atoms with van der Waals surface area (Å²) in [5.41, 5.74) is 0. The van der Waals surface area contributed by atoms with Crippen LogP contribution in [0.3, 0.4) is 0 Å². The molecule has 0 aromatic carbocycles. The molecule has 0 unspecified atom stereocenters. The van der Waals surface area contributed by atoms with Gasteiger partial charge in [0.15, 0.2) is 17.5 Å². The smallest absolute Gasteiger partial charge is 0.182 e. The molecular formula is C6H6N10. The number of hydrogen-bond donors (Lipinski definition) is 3. The molecule has 3 N–H and O–H groups in total. The number of hydrogen-bond acceptors (Lipinski definition) is 7. The molecule has 10 nitrogen and oxygen atoms in total. The number of aromatic amines is 3. The molecule has 0 saturated carbocycles. The zero-order chi connectivity index (χ0) is 10.8. The topological polar surface area (TPSA) is 128 Å². The minimum Gasteiger partial charge on any atom is -0.263 e. The molecular weight excluding hydrogens is 212 g/mol. The highest BCUT2D eigenvalue weighted by Crippen LogP contribution is 2.27. The molecule has 0 spiro atoms. The number of nitrogens with zero attached hydrogens (tertiary/aromatic N) is 7. The van der Waals surface area contributed by atoms with Crippen molar-refractivity contribution in [2.75, 3.05) is 4.90 Å². The second kappa shape index (κ2) is 3.42.